The maximum absolute atomic E-state index is 5.05. The third-order valence-corrected chi connectivity index (χ3v) is 1.52. The van der Waals surface area contributed by atoms with E-state index in [1.807, 2.05) is 25.1 Å². The van der Waals surface area contributed by atoms with Crippen LogP contribution in [0.25, 0.3) is 0 Å². The number of hydrazone groups is 1. The molecule has 0 fully saturated rings. The molecule has 0 aromatic carbocycles. The van der Waals surface area contributed by atoms with E-state index >= 15 is 0 Å². The average Bonchev–Trinajstić information content (AvgIpc) is 2.05. The predicted molar refractivity (Wildman–Crippen MR) is 50.3 cm³/mol. The zero-order valence-corrected chi connectivity index (χ0v) is 7.23. The highest BCUT2D eigenvalue weighted by Gasteiger charge is 2.00. The highest BCUT2D eigenvalue weighted by Crippen LogP contribution is 2.13. The number of nitrogens with zero attached hydrogens (tertiary/aromatic N) is 3. The largest absolute Gasteiger partial charge is 0.377 e. The molecule has 0 aliphatic carbocycles. The molecule has 0 amide bonds. The van der Waals surface area contributed by atoms with Crippen molar-refractivity contribution >= 4 is 11.9 Å². The van der Waals surface area contributed by atoms with Gasteiger partial charge in [0.15, 0.2) is 0 Å². The van der Waals surface area contributed by atoms with Gasteiger partial charge in [-0.2, -0.15) is 5.10 Å². The Balaban J connectivity index is 3.08. The molecule has 0 unspecified atom stereocenters. The van der Waals surface area contributed by atoms with Gasteiger partial charge in [0.1, 0.15) is 0 Å². The quantitative estimate of drug-likeness (QED) is 0.392. The molecule has 64 valence electrons. The molecule has 0 bridgehead atoms. The normalized spacial score (nSPS) is 10.5. The SMILES string of the molecule is CN(C)c1ccncc1/C=N/N. The lowest BCUT2D eigenvalue weighted by Crippen LogP contribution is -2.11. The average molecular weight is 164 g/mol. The first kappa shape index (κ1) is 8.52. The second kappa shape index (κ2) is 3.71. The fraction of sp³-hybridized carbons (Fsp3) is 0.250. The van der Waals surface area contributed by atoms with Gasteiger partial charge in [0, 0.05) is 37.7 Å². The Hall–Kier alpha value is -1.58. The van der Waals surface area contributed by atoms with Crippen molar-refractivity contribution < 1.29 is 0 Å². The predicted octanol–water partition coefficient (Wildman–Crippen LogP) is 0.440. The van der Waals surface area contributed by atoms with Crippen LogP contribution in [0.4, 0.5) is 5.69 Å². The lowest BCUT2D eigenvalue weighted by molar-refractivity contribution is 1.11. The summed E-state index contributed by atoms with van der Waals surface area (Å²) in [6.07, 6.45) is 5.05. The maximum atomic E-state index is 5.05. The van der Waals surface area contributed by atoms with Gasteiger partial charge >= 0.3 is 0 Å². The third-order valence-electron chi connectivity index (χ3n) is 1.52. The summed E-state index contributed by atoms with van der Waals surface area (Å²) in [6.45, 7) is 0. The summed E-state index contributed by atoms with van der Waals surface area (Å²) in [6, 6.07) is 1.91. The molecule has 1 heterocycles. The number of nitrogens with two attached hydrogens (primary N) is 1. The van der Waals surface area contributed by atoms with E-state index in [0.29, 0.717) is 0 Å². The van der Waals surface area contributed by atoms with E-state index in [1.165, 1.54) is 0 Å². The lowest BCUT2D eigenvalue weighted by Gasteiger charge is -2.13. The Labute approximate surface area is 71.7 Å². The topological polar surface area (TPSA) is 54.5 Å². The Morgan fingerprint density at radius 2 is 2.33 bits per heavy atom. The van der Waals surface area contributed by atoms with E-state index in [-0.39, 0.29) is 0 Å². The van der Waals surface area contributed by atoms with Crippen LogP contribution >= 0.6 is 0 Å². The van der Waals surface area contributed by atoms with Gasteiger partial charge in [-0.25, -0.2) is 0 Å². The van der Waals surface area contributed by atoms with Gasteiger partial charge in [0.2, 0.25) is 0 Å². The van der Waals surface area contributed by atoms with E-state index in [2.05, 4.69) is 10.1 Å². The van der Waals surface area contributed by atoms with Crippen LogP contribution in [0.15, 0.2) is 23.6 Å². The number of pyridine rings is 1. The third kappa shape index (κ3) is 1.72. The number of anilines is 1. The first-order valence-electron chi connectivity index (χ1n) is 3.60. The molecule has 1 aromatic rings. The van der Waals surface area contributed by atoms with Crippen LogP contribution in [-0.4, -0.2) is 25.3 Å². The molecular formula is C8H12N4. The summed E-state index contributed by atoms with van der Waals surface area (Å²) in [5, 5.41) is 3.46. The van der Waals surface area contributed by atoms with E-state index in [0.717, 1.165) is 11.3 Å². The molecule has 0 aliphatic heterocycles. The van der Waals surface area contributed by atoms with Crippen molar-refractivity contribution in [2.75, 3.05) is 19.0 Å². The molecule has 0 saturated carbocycles. The summed E-state index contributed by atoms with van der Waals surface area (Å²) < 4.78 is 0. The molecule has 0 atom stereocenters. The van der Waals surface area contributed by atoms with Gasteiger partial charge in [0.05, 0.1) is 6.21 Å². The van der Waals surface area contributed by atoms with Crippen molar-refractivity contribution in [2.24, 2.45) is 10.9 Å². The van der Waals surface area contributed by atoms with Crippen LogP contribution in [0, 0.1) is 0 Å². The van der Waals surface area contributed by atoms with Crippen LogP contribution in [0.3, 0.4) is 0 Å². The summed E-state index contributed by atoms with van der Waals surface area (Å²) in [7, 11) is 3.92. The lowest BCUT2D eigenvalue weighted by atomic mass is 10.2. The summed E-state index contributed by atoms with van der Waals surface area (Å²) >= 11 is 0. The molecule has 0 radical (unpaired) electrons. The van der Waals surface area contributed by atoms with Gasteiger partial charge in [-0.05, 0) is 6.07 Å². The van der Waals surface area contributed by atoms with Crippen LogP contribution in [0.5, 0.6) is 0 Å². The smallest absolute Gasteiger partial charge is 0.0574 e. The second-order valence-electron chi connectivity index (χ2n) is 2.61. The van der Waals surface area contributed by atoms with Gasteiger partial charge in [-0.3, -0.25) is 4.98 Å². The Morgan fingerprint density at radius 3 is 2.92 bits per heavy atom. The summed E-state index contributed by atoms with van der Waals surface area (Å²) in [4.78, 5) is 5.96. The zero-order valence-electron chi connectivity index (χ0n) is 7.23. The van der Waals surface area contributed by atoms with Crippen LogP contribution < -0.4 is 10.7 Å². The summed E-state index contributed by atoms with van der Waals surface area (Å²) in [5.74, 6) is 5.05. The second-order valence-corrected chi connectivity index (χ2v) is 2.61. The Kier molecular flexibility index (Phi) is 2.63. The van der Waals surface area contributed by atoms with Crippen molar-refractivity contribution in [1.82, 2.24) is 4.98 Å². The molecule has 0 spiro atoms. The monoisotopic (exact) mass is 164 g/mol. The van der Waals surface area contributed by atoms with Crippen LogP contribution in [0.1, 0.15) is 5.56 Å². The zero-order chi connectivity index (χ0) is 8.97. The fourth-order valence-electron chi connectivity index (χ4n) is 0.986. The molecule has 12 heavy (non-hydrogen) atoms. The van der Waals surface area contributed by atoms with Crippen molar-refractivity contribution in [3.63, 3.8) is 0 Å². The summed E-state index contributed by atoms with van der Waals surface area (Å²) in [5.41, 5.74) is 1.98. The van der Waals surface area contributed by atoms with Crippen molar-refractivity contribution in [3.8, 4) is 0 Å². The Morgan fingerprint density at radius 1 is 1.58 bits per heavy atom. The first-order chi connectivity index (χ1) is 5.75. The van der Waals surface area contributed by atoms with Crippen molar-refractivity contribution in [1.29, 1.82) is 0 Å². The van der Waals surface area contributed by atoms with Crippen LogP contribution in [-0.2, 0) is 0 Å². The van der Waals surface area contributed by atoms with Crippen LogP contribution in [0.2, 0.25) is 0 Å². The number of aromatic nitrogens is 1. The Bertz CT molecular complexity index is 280. The van der Waals surface area contributed by atoms with Crippen molar-refractivity contribution in [2.45, 2.75) is 0 Å². The van der Waals surface area contributed by atoms with Gasteiger partial charge in [0.25, 0.3) is 0 Å². The molecule has 1 aromatic heterocycles. The minimum Gasteiger partial charge on any atom is -0.377 e. The number of hydrogen-bond acceptors (Lipinski definition) is 4. The van der Waals surface area contributed by atoms with E-state index in [1.54, 1.807) is 18.6 Å². The fourth-order valence-corrected chi connectivity index (χ4v) is 0.986. The van der Waals surface area contributed by atoms with Gasteiger partial charge < -0.3 is 10.7 Å². The van der Waals surface area contributed by atoms with Gasteiger partial charge in [-0.1, -0.05) is 0 Å². The highest BCUT2D eigenvalue weighted by molar-refractivity contribution is 5.87. The standard InChI is InChI=1S/C8H12N4/c1-12(2)8-3-4-10-5-7(8)6-11-9/h3-6H,9H2,1-2H3/b11-6+. The molecule has 4 nitrogen and oxygen atoms in total. The van der Waals surface area contributed by atoms with Gasteiger partial charge in [-0.15, -0.1) is 0 Å². The van der Waals surface area contributed by atoms with Crippen molar-refractivity contribution in [3.05, 3.63) is 24.0 Å². The molecule has 1 rings (SSSR count). The van der Waals surface area contributed by atoms with E-state index in [9.17, 15) is 0 Å². The molecule has 4 heteroatoms. The highest BCUT2D eigenvalue weighted by atomic mass is 15.1. The minimum atomic E-state index is 0.921. The van der Waals surface area contributed by atoms with E-state index in [4.69, 9.17) is 5.84 Å². The van der Waals surface area contributed by atoms with E-state index < -0.39 is 0 Å². The number of rotatable bonds is 2. The first-order valence-corrected chi connectivity index (χ1v) is 3.60. The molecule has 0 saturated heterocycles. The molecule has 2 N–H and O–H groups in total. The minimum absolute atomic E-state index is 0.921. The number of hydrogen-bond donors (Lipinski definition) is 1. The maximum Gasteiger partial charge on any atom is 0.0574 e. The molecule has 0 aliphatic rings. The molecular weight excluding hydrogens is 152 g/mol.